The maximum absolute atomic E-state index is 13.0. The summed E-state index contributed by atoms with van der Waals surface area (Å²) in [5.41, 5.74) is 2.68. The molecule has 1 N–H and O–H groups in total. The normalized spacial score (nSPS) is 16.1. The van der Waals surface area contributed by atoms with Crippen molar-refractivity contribution in [3.05, 3.63) is 66.9 Å². The van der Waals surface area contributed by atoms with Crippen LogP contribution in [0.25, 0.3) is 16.9 Å². The fraction of sp³-hybridized carbons (Fsp3) is 0.346. The minimum absolute atomic E-state index is 0.0828. The van der Waals surface area contributed by atoms with Crippen LogP contribution >= 0.6 is 0 Å². The molecule has 2 fully saturated rings. The molecule has 0 atom stereocenters. The first-order valence-corrected chi connectivity index (χ1v) is 11.5. The minimum atomic E-state index is -0.203. The Labute approximate surface area is 188 Å². The molecular weight excluding hydrogens is 400 g/mol. The highest BCUT2D eigenvalue weighted by Crippen LogP contribution is 2.33. The van der Waals surface area contributed by atoms with Crippen molar-refractivity contribution in [1.29, 1.82) is 0 Å². The Hall–Kier alpha value is -3.41. The molecule has 0 unspecified atom stereocenters. The van der Waals surface area contributed by atoms with Crippen molar-refractivity contribution >= 4 is 17.8 Å². The van der Waals surface area contributed by atoms with Gasteiger partial charge >= 0.3 is 0 Å². The number of anilines is 1. The lowest BCUT2D eigenvalue weighted by atomic mass is 10.1. The Morgan fingerprint density at radius 2 is 1.59 bits per heavy atom. The van der Waals surface area contributed by atoms with Crippen LogP contribution in [0.5, 0.6) is 0 Å². The Morgan fingerprint density at radius 3 is 2.25 bits per heavy atom. The number of hydrogen-bond donors (Lipinski definition) is 1. The molecular formula is C26H28N4O2. The van der Waals surface area contributed by atoms with E-state index < -0.39 is 0 Å². The van der Waals surface area contributed by atoms with Crippen LogP contribution in [-0.4, -0.2) is 38.9 Å². The van der Waals surface area contributed by atoms with Gasteiger partial charge in [0.25, 0.3) is 0 Å². The summed E-state index contributed by atoms with van der Waals surface area (Å²) < 4.78 is 1.89. The number of hydrogen-bond acceptors (Lipinski definition) is 3. The van der Waals surface area contributed by atoms with Crippen molar-refractivity contribution < 1.29 is 9.59 Å². The van der Waals surface area contributed by atoms with Gasteiger partial charge in [0, 0.05) is 29.4 Å². The van der Waals surface area contributed by atoms with E-state index in [9.17, 15) is 9.59 Å². The molecule has 0 saturated heterocycles. The standard InChI is InChI=1S/C26H28N4O2/c31-24(18-29(22-15-16-22)25(32)20-11-7-8-12-20)28-26-27-23(19-9-3-1-4-10-19)17-30(26)21-13-5-2-6-14-21/h1-6,9-10,13-14,17,20,22H,7-8,11-12,15-16,18H2,(H,27,28,31). The third kappa shape index (κ3) is 4.44. The third-order valence-corrected chi connectivity index (χ3v) is 6.35. The number of carbonyl (C=O) groups excluding carboxylic acids is 2. The lowest BCUT2D eigenvalue weighted by Crippen LogP contribution is -2.42. The van der Waals surface area contributed by atoms with Gasteiger partial charge in [-0.3, -0.25) is 19.5 Å². The highest BCUT2D eigenvalue weighted by molar-refractivity contribution is 5.94. The molecule has 3 aromatic rings. The first-order valence-electron chi connectivity index (χ1n) is 11.5. The van der Waals surface area contributed by atoms with Crippen molar-refractivity contribution in [2.24, 2.45) is 5.92 Å². The summed E-state index contributed by atoms with van der Waals surface area (Å²) in [5, 5.41) is 2.98. The zero-order valence-corrected chi connectivity index (χ0v) is 18.1. The average molecular weight is 429 g/mol. The predicted octanol–water partition coefficient (Wildman–Crippen LogP) is 4.66. The number of benzene rings is 2. The molecule has 2 aliphatic rings. The monoisotopic (exact) mass is 428 g/mol. The van der Waals surface area contributed by atoms with Crippen LogP contribution in [0.1, 0.15) is 38.5 Å². The van der Waals surface area contributed by atoms with Crippen LogP contribution in [0, 0.1) is 5.92 Å². The van der Waals surface area contributed by atoms with Crippen LogP contribution in [0.3, 0.4) is 0 Å². The molecule has 2 aromatic carbocycles. The minimum Gasteiger partial charge on any atom is -0.330 e. The molecule has 0 radical (unpaired) electrons. The largest absolute Gasteiger partial charge is 0.330 e. The summed E-state index contributed by atoms with van der Waals surface area (Å²) in [6.07, 6.45) is 8.02. The maximum Gasteiger partial charge on any atom is 0.246 e. The third-order valence-electron chi connectivity index (χ3n) is 6.35. The van der Waals surface area contributed by atoms with E-state index in [0.29, 0.717) is 5.95 Å². The van der Waals surface area contributed by atoms with Crippen LogP contribution < -0.4 is 5.32 Å². The molecule has 0 bridgehead atoms. The van der Waals surface area contributed by atoms with Gasteiger partial charge in [-0.15, -0.1) is 0 Å². The zero-order chi connectivity index (χ0) is 21.9. The number of nitrogens with zero attached hydrogens (tertiary/aromatic N) is 3. The van der Waals surface area contributed by atoms with Gasteiger partial charge in [-0.1, -0.05) is 61.4 Å². The number of imidazole rings is 1. The van der Waals surface area contributed by atoms with E-state index in [1.54, 1.807) is 4.90 Å². The zero-order valence-electron chi connectivity index (χ0n) is 18.1. The first kappa shape index (κ1) is 20.5. The molecule has 2 aliphatic carbocycles. The summed E-state index contributed by atoms with van der Waals surface area (Å²) in [6.45, 7) is 0.0856. The van der Waals surface area contributed by atoms with E-state index in [0.717, 1.165) is 55.5 Å². The van der Waals surface area contributed by atoms with Crippen molar-refractivity contribution in [3.8, 4) is 16.9 Å². The second-order valence-corrected chi connectivity index (χ2v) is 8.75. The molecule has 1 aromatic heterocycles. The SMILES string of the molecule is O=C(CN(C(=O)C1CCCC1)C1CC1)Nc1nc(-c2ccccc2)cn1-c1ccccc1. The molecule has 0 spiro atoms. The molecule has 6 nitrogen and oxygen atoms in total. The fourth-order valence-electron chi connectivity index (χ4n) is 4.50. The van der Waals surface area contributed by atoms with Crippen molar-refractivity contribution in [1.82, 2.24) is 14.5 Å². The molecule has 5 rings (SSSR count). The van der Waals surface area contributed by atoms with E-state index in [1.807, 2.05) is 71.4 Å². The van der Waals surface area contributed by atoms with Gasteiger partial charge in [0.15, 0.2) is 0 Å². The van der Waals surface area contributed by atoms with E-state index in [4.69, 9.17) is 4.98 Å². The van der Waals surface area contributed by atoms with E-state index in [2.05, 4.69) is 5.32 Å². The quantitative estimate of drug-likeness (QED) is 0.595. The van der Waals surface area contributed by atoms with Crippen LogP contribution in [0.2, 0.25) is 0 Å². The lowest BCUT2D eigenvalue weighted by Gasteiger charge is -2.25. The maximum atomic E-state index is 13.0. The highest BCUT2D eigenvalue weighted by atomic mass is 16.2. The van der Waals surface area contributed by atoms with E-state index >= 15 is 0 Å². The summed E-state index contributed by atoms with van der Waals surface area (Å²) >= 11 is 0. The van der Waals surface area contributed by atoms with Gasteiger partial charge in [-0.2, -0.15) is 0 Å². The smallest absolute Gasteiger partial charge is 0.246 e. The molecule has 164 valence electrons. The second-order valence-electron chi connectivity index (χ2n) is 8.75. The van der Waals surface area contributed by atoms with Gasteiger partial charge in [-0.25, -0.2) is 4.98 Å². The number of aromatic nitrogens is 2. The Balaban J connectivity index is 1.38. The summed E-state index contributed by atoms with van der Waals surface area (Å²) in [5.74, 6) is 0.491. The second kappa shape index (κ2) is 8.99. The average Bonchev–Trinajstić information content (AvgIpc) is 3.35. The van der Waals surface area contributed by atoms with E-state index in [-0.39, 0.29) is 30.3 Å². The Morgan fingerprint density at radius 1 is 0.938 bits per heavy atom. The molecule has 1 heterocycles. The summed E-state index contributed by atoms with van der Waals surface area (Å²) in [4.78, 5) is 32.6. The topological polar surface area (TPSA) is 67.2 Å². The molecule has 6 heteroatoms. The fourth-order valence-corrected chi connectivity index (χ4v) is 4.50. The lowest BCUT2D eigenvalue weighted by molar-refractivity contribution is -0.138. The van der Waals surface area contributed by atoms with Gasteiger partial charge in [0.1, 0.15) is 6.54 Å². The number of amides is 2. The van der Waals surface area contributed by atoms with E-state index in [1.165, 1.54) is 0 Å². The van der Waals surface area contributed by atoms with Crippen molar-refractivity contribution in [2.45, 2.75) is 44.6 Å². The summed E-state index contributed by atoms with van der Waals surface area (Å²) in [6, 6.07) is 19.9. The molecule has 2 amide bonds. The number of rotatable bonds is 7. The molecule has 2 saturated carbocycles. The van der Waals surface area contributed by atoms with Gasteiger partial charge in [0.05, 0.1) is 5.69 Å². The molecule has 0 aliphatic heterocycles. The van der Waals surface area contributed by atoms with Gasteiger partial charge < -0.3 is 4.90 Å². The Kier molecular flexibility index (Phi) is 5.75. The van der Waals surface area contributed by atoms with Crippen LogP contribution in [0.15, 0.2) is 66.9 Å². The number of nitrogens with one attached hydrogen (secondary N) is 1. The van der Waals surface area contributed by atoms with Gasteiger partial charge in [0.2, 0.25) is 17.8 Å². The van der Waals surface area contributed by atoms with Crippen molar-refractivity contribution in [2.75, 3.05) is 11.9 Å². The Bertz CT molecular complexity index is 1080. The number of para-hydroxylation sites is 1. The first-order chi connectivity index (χ1) is 15.7. The van der Waals surface area contributed by atoms with Crippen molar-refractivity contribution in [3.63, 3.8) is 0 Å². The van der Waals surface area contributed by atoms with Crippen LogP contribution in [0.4, 0.5) is 5.95 Å². The predicted molar refractivity (Wildman–Crippen MR) is 124 cm³/mol. The van der Waals surface area contributed by atoms with Crippen LogP contribution in [-0.2, 0) is 9.59 Å². The summed E-state index contributed by atoms with van der Waals surface area (Å²) in [7, 11) is 0. The number of carbonyl (C=O) groups is 2. The van der Waals surface area contributed by atoms with Gasteiger partial charge in [-0.05, 0) is 37.8 Å². The highest BCUT2D eigenvalue weighted by Gasteiger charge is 2.37. The molecule has 32 heavy (non-hydrogen) atoms.